The Labute approximate surface area is 206 Å². The molecule has 0 radical (unpaired) electrons. The third kappa shape index (κ3) is 5.24. The second-order valence-electron chi connectivity index (χ2n) is 11.0. The van der Waals surface area contributed by atoms with Gasteiger partial charge in [0.2, 0.25) is 5.91 Å². The number of fused-ring (bicyclic) bond motifs is 1. The van der Waals surface area contributed by atoms with E-state index in [4.69, 9.17) is 16.3 Å². The molecule has 1 amide bonds. The standard InChI is InChI=1S/C27H35ClFN3O2/c1-27(2)14-18(8-10-34-27)26(33)31-25-13-19-11-23(24(28)12-20(19)15-30-25)17-3-5-22(6-4-17)32-9-7-21(29)16-32/h11-13,15,17-18,21-22H,3-10,14,16H2,1-2H3,(H,30,31,33)/t17?,18-,21+,22?/m0/s1. The van der Waals surface area contributed by atoms with Crippen LogP contribution in [0.3, 0.4) is 0 Å². The molecule has 3 heterocycles. The predicted octanol–water partition coefficient (Wildman–Crippen LogP) is 6.10. The van der Waals surface area contributed by atoms with Gasteiger partial charge < -0.3 is 10.1 Å². The summed E-state index contributed by atoms with van der Waals surface area (Å²) >= 11 is 6.70. The first-order valence-corrected chi connectivity index (χ1v) is 13.1. The maximum Gasteiger partial charge on any atom is 0.228 e. The summed E-state index contributed by atoms with van der Waals surface area (Å²) < 4.78 is 19.4. The molecule has 0 spiro atoms. The molecule has 2 aromatic rings. The van der Waals surface area contributed by atoms with Gasteiger partial charge in [0.05, 0.1) is 5.60 Å². The zero-order valence-corrected chi connectivity index (χ0v) is 20.9. The number of rotatable bonds is 4. The van der Waals surface area contributed by atoms with Gasteiger partial charge in [-0.2, -0.15) is 0 Å². The molecule has 1 aromatic carbocycles. The Balaban J connectivity index is 1.28. The van der Waals surface area contributed by atoms with Gasteiger partial charge >= 0.3 is 0 Å². The monoisotopic (exact) mass is 487 g/mol. The number of hydrogen-bond acceptors (Lipinski definition) is 4. The van der Waals surface area contributed by atoms with Crippen molar-refractivity contribution in [2.75, 3.05) is 25.0 Å². The van der Waals surface area contributed by atoms with Crippen molar-refractivity contribution >= 4 is 34.1 Å². The van der Waals surface area contributed by atoms with Gasteiger partial charge in [-0.25, -0.2) is 9.37 Å². The van der Waals surface area contributed by atoms with Gasteiger partial charge in [0.25, 0.3) is 0 Å². The van der Waals surface area contributed by atoms with Crippen molar-refractivity contribution in [1.82, 2.24) is 9.88 Å². The molecule has 5 nitrogen and oxygen atoms in total. The molecule has 1 aromatic heterocycles. The Morgan fingerprint density at radius 1 is 1.15 bits per heavy atom. The third-order valence-electron chi connectivity index (χ3n) is 7.97. The van der Waals surface area contributed by atoms with Crippen LogP contribution in [0.2, 0.25) is 5.02 Å². The molecule has 1 N–H and O–H groups in total. The minimum atomic E-state index is -0.658. The highest BCUT2D eigenvalue weighted by Gasteiger charge is 2.34. The number of pyridine rings is 1. The highest BCUT2D eigenvalue weighted by atomic mass is 35.5. The van der Waals surface area contributed by atoms with Crippen LogP contribution < -0.4 is 5.32 Å². The number of ether oxygens (including phenoxy) is 1. The number of halogens is 2. The number of nitrogens with one attached hydrogen (secondary N) is 1. The molecule has 2 atom stereocenters. The van der Waals surface area contributed by atoms with Crippen LogP contribution >= 0.6 is 11.6 Å². The number of benzene rings is 1. The molecular formula is C27H35ClFN3O2. The Kier molecular flexibility index (Phi) is 6.84. The Hall–Kier alpha value is -1.76. The van der Waals surface area contributed by atoms with E-state index in [1.54, 1.807) is 6.20 Å². The van der Waals surface area contributed by atoms with E-state index in [-0.39, 0.29) is 17.4 Å². The summed E-state index contributed by atoms with van der Waals surface area (Å²) in [7, 11) is 0. The Bertz CT molecular complexity index is 1050. The quantitative estimate of drug-likeness (QED) is 0.566. The van der Waals surface area contributed by atoms with E-state index >= 15 is 0 Å². The van der Waals surface area contributed by atoms with Crippen molar-refractivity contribution in [3.05, 3.63) is 35.0 Å². The molecule has 0 bridgehead atoms. The molecular weight excluding hydrogens is 453 g/mol. The smallest absolute Gasteiger partial charge is 0.228 e. The van der Waals surface area contributed by atoms with Crippen LogP contribution in [-0.2, 0) is 9.53 Å². The largest absolute Gasteiger partial charge is 0.376 e. The fraction of sp³-hybridized carbons (Fsp3) is 0.630. The summed E-state index contributed by atoms with van der Waals surface area (Å²) in [6, 6.07) is 6.61. The zero-order valence-electron chi connectivity index (χ0n) is 20.2. The molecule has 184 valence electrons. The first kappa shape index (κ1) is 24.0. The van der Waals surface area contributed by atoms with Crippen molar-refractivity contribution in [1.29, 1.82) is 0 Å². The fourth-order valence-electron chi connectivity index (χ4n) is 6.08. The lowest BCUT2D eigenvalue weighted by molar-refractivity contribution is -0.130. The van der Waals surface area contributed by atoms with Crippen LogP contribution in [0.1, 0.15) is 70.3 Å². The van der Waals surface area contributed by atoms with Crippen LogP contribution in [-0.4, -0.2) is 53.3 Å². The highest BCUT2D eigenvalue weighted by molar-refractivity contribution is 6.32. The summed E-state index contributed by atoms with van der Waals surface area (Å²) in [4.78, 5) is 19.7. The molecule has 2 saturated heterocycles. The van der Waals surface area contributed by atoms with Crippen molar-refractivity contribution in [3.63, 3.8) is 0 Å². The first-order valence-electron chi connectivity index (χ1n) is 12.7. The van der Waals surface area contributed by atoms with Gasteiger partial charge in [-0.15, -0.1) is 0 Å². The SMILES string of the molecule is CC1(C)C[C@@H](C(=O)Nc2cc3cc(C4CCC(N5CC[C@@H](F)C5)CC4)c(Cl)cc3cn2)CCO1. The summed E-state index contributed by atoms with van der Waals surface area (Å²) in [5, 5.41) is 5.81. The zero-order chi connectivity index (χ0) is 23.9. The molecule has 1 saturated carbocycles. The number of likely N-dealkylation sites (tertiary alicyclic amines) is 1. The first-order chi connectivity index (χ1) is 16.3. The molecule has 2 aliphatic heterocycles. The number of carbonyl (C=O) groups is 1. The second kappa shape index (κ2) is 9.71. The predicted molar refractivity (Wildman–Crippen MR) is 134 cm³/mol. The van der Waals surface area contributed by atoms with Crippen LogP contribution in [0.25, 0.3) is 10.8 Å². The van der Waals surface area contributed by atoms with Crippen LogP contribution in [0.4, 0.5) is 10.2 Å². The van der Waals surface area contributed by atoms with Crippen LogP contribution in [0.15, 0.2) is 24.4 Å². The minimum absolute atomic E-state index is 0.00756. The average Bonchev–Trinajstić information content (AvgIpc) is 3.24. The number of alkyl halides is 1. The molecule has 3 aliphatic rings. The lowest BCUT2D eigenvalue weighted by atomic mass is 9.81. The Morgan fingerprint density at radius 3 is 2.65 bits per heavy atom. The van der Waals surface area contributed by atoms with Gasteiger partial charge in [0.1, 0.15) is 12.0 Å². The average molecular weight is 488 g/mol. The van der Waals surface area contributed by atoms with E-state index in [0.717, 1.165) is 54.4 Å². The number of anilines is 1. The lowest BCUT2D eigenvalue weighted by Crippen LogP contribution is -2.39. The molecule has 3 fully saturated rings. The van der Waals surface area contributed by atoms with Gasteiger partial charge in [0.15, 0.2) is 0 Å². The number of carbonyl (C=O) groups excluding carboxylic acids is 1. The van der Waals surface area contributed by atoms with E-state index < -0.39 is 6.17 Å². The maximum atomic E-state index is 13.6. The van der Waals surface area contributed by atoms with Crippen molar-refractivity contribution in [3.8, 4) is 0 Å². The van der Waals surface area contributed by atoms with Crippen molar-refractivity contribution < 1.29 is 13.9 Å². The van der Waals surface area contributed by atoms with Gasteiger partial charge in [0, 0.05) is 48.3 Å². The summed E-state index contributed by atoms with van der Waals surface area (Å²) in [6.45, 7) is 6.15. The van der Waals surface area contributed by atoms with E-state index in [1.165, 1.54) is 5.56 Å². The van der Waals surface area contributed by atoms with E-state index in [1.807, 2.05) is 26.0 Å². The van der Waals surface area contributed by atoms with Crippen molar-refractivity contribution in [2.24, 2.45) is 5.92 Å². The topological polar surface area (TPSA) is 54.5 Å². The van der Waals surface area contributed by atoms with E-state index in [2.05, 4.69) is 21.3 Å². The minimum Gasteiger partial charge on any atom is -0.376 e. The van der Waals surface area contributed by atoms with Crippen LogP contribution in [0.5, 0.6) is 0 Å². The molecule has 5 rings (SSSR count). The number of hydrogen-bond donors (Lipinski definition) is 1. The van der Waals surface area contributed by atoms with Crippen molar-refractivity contribution in [2.45, 2.75) is 82.5 Å². The van der Waals surface area contributed by atoms with Crippen LogP contribution in [0, 0.1) is 5.92 Å². The summed E-state index contributed by atoms with van der Waals surface area (Å²) in [5.41, 5.74) is 0.899. The summed E-state index contributed by atoms with van der Waals surface area (Å²) in [6.07, 6.45) is 7.55. The summed E-state index contributed by atoms with van der Waals surface area (Å²) in [5.74, 6) is 0.926. The normalized spacial score (nSPS) is 29.9. The molecule has 34 heavy (non-hydrogen) atoms. The van der Waals surface area contributed by atoms with Gasteiger partial charge in [-0.1, -0.05) is 11.6 Å². The highest BCUT2D eigenvalue weighted by Crippen LogP contribution is 2.40. The number of nitrogens with zero attached hydrogens (tertiary/aromatic N) is 2. The molecule has 1 aliphatic carbocycles. The van der Waals surface area contributed by atoms with E-state index in [0.29, 0.717) is 43.8 Å². The maximum absolute atomic E-state index is 13.6. The Morgan fingerprint density at radius 2 is 1.94 bits per heavy atom. The number of aromatic nitrogens is 1. The van der Waals surface area contributed by atoms with E-state index in [9.17, 15) is 9.18 Å². The van der Waals surface area contributed by atoms with Gasteiger partial charge in [-0.3, -0.25) is 9.69 Å². The fourth-order valence-corrected chi connectivity index (χ4v) is 6.40. The molecule has 0 unspecified atom stereocenters. The lowest BCUT2D eigenvalue weighted by Gasteiger charge is -2.35. The molecule has 7 heteroatoms. The second-order valence-corrected chi connectivity index (χ2v) is 11.4. The van der Waals surface area contributed by atoms with Gasteiger partial charge in [-0.05, 0) is 93.9 Å². The number of amides is 1. The third-order valence-corrected chi connectivity index (χ3v) is 8.30.